The van der Waals surface area contributed by atoms with Crippen molar-refractivity contribution in [2.75, 3.05) is 21.9 Å². The molecule has 0 aliphatic carbocycles. The number of thioether (sulfide) groups is 1. The molecule has 138 valence electrons. The zero-order chi connectivity index (χ0) is 18.9. The molecule has 2 aromatic rings. The predicted octanol–water partition coefficient (Wildman–Crippen LogP) is 3.89. The first-order valence-electron chi connectivity index (χ1n) is 8.50. The number of benzene rings is 2. The minimum atomic E-state index is -3.72. The maximum absolute atomic E-state index is 13.2. The van der Waals surface area contributed by atoms with E-state index < -0.39 is 10.0 Å². The highest BCUT2D eigenvalue weighted by atomic mass is 32.2. The van der Waals surface area contributed by atoms with Crippen LogP contribution >= 0.6 is 11.8 Å². The van der Waals surface area contributed by atoms with E-state index in [9.17, 15) is 13.2 Å². The molecule has 7 heteroatoms. The molecule has 0 unspecified atom stereocenters. The first-order valence-corrected chi connectivity index (χ1v) is 10.9. The number of nitrogens with zero attached hydrogens (tertiary/aromatic N) is 1. The molecule has 0 aromatic heterocycles. The second kappa shape index (κ2) is 7.32. The van der Waals surface area contributed by atoms with Crippen LogP contribution in [0.15, 0.2) is 52.3 Å². The lowest BCUT2D eigenvalue weighted by atomic mass is 10.2. The smallest absolute Gasteiger partial charge is 0.264 e. The predicted molar refractivity (Wildman–Crippen MR) is 106 cm³/mol. The number of fused-ring (bicyclic) bond motifs is 1. The molecule has 0 saturated heterocycles. The second-order valence-corrected chi connectivity index (χ2v) is 9.29. The normalized spacial score (nSPS) is 17.2. The number of anilines is 2. The van der Waals surface area contributed by atoms with Gasteiger partial charge in [-0.2, -0.15) is 0 Å². The van der Waals surface area contributed by atoms with E-state index in [4.69, 9.17) is 0 Å². The monoisotopic (exact) mass is 390 g/mol. The van der Waals surface area contributed by atoms with Gasteiger partial charge in [-0.3, -0.25) is 9.10 Å². The number of rotatable bonds is 4. The van der Waals surface area contributed by atoms with Crippen molar-refractivity contribution >= 4 is 39.1 Å². The maximum atomic E-state index is 13.2. The maximum Gasteiger partial charge on any atom is 0.264 e. The highest BCUT2D eigenvalue weighted by molar-refractivity contribution is 7.99. The van der Waals surface area contributed by atoms with Crippen molar-refractivity contribution in [3.05, 3.63) is 48.0 Å². The van der Waals surface area contributed by atoms with Crippen LogP contribution in [0.1, 0.15) is 19.4 Å². The van der Waals surface area contributed by atoms with Crippen molar-refractivity contribution in [3.8, 4) is 0 Å². The molecule has 1 amide bonds. The molecule has 1 aliphatic heterocycles. The summed E-state index contributed by atoms with van der Waals surface area (Å²) in [6, 6.07) is 12.4. The number of nitrogens with one attached hydrogen (secondary N) is 1. The zero-order valence-electron chi connectivity index (χ0n) is 15.0. The van der Waals surface area contributed by atoms with E-state index in [0.29, 0.717) is 23.7 Å². The Morgan fingerprint density at radius 3 is 2.69 bits per heavy atom. The van der Waals surface area contributed by atoms with E-state index in [1.165, 1.54) is 4.31 Å². The van der Waals surface area contributed by atoms with E-state index in [2.05, 4.69) is 5.32 Å². The third-order valence-corrected chi connectivity index (χ3v) is 7.54. The molecule has 26 heavy (non-hydrogen) atoms. The van der Waals surface area contributed by atoms with Crippen LogP contribution in [-0.4, -0.2) is 26.6 Å². The van der Waals surface area contributed by atoms with Crippen LogP contribution < -0.4 is 9.62 Å². The fourth-order valence-electron chi connectivity index (χ4n) is 2.84. The molecule has 1 heterocycles. The van der Waals surface area contributed by atoms with E-state index in [0.717, 1.165) is 10.5 Å². The second-order valence-electron chi connectivity index (χ2n) is 6.37. The summed E-state index contributed by atoms with van der Waals surface area (Å²) in [6.45, 7) is 5.92. The summed E-state index contributed by atoms with van der Waals surface area (Å²) < 4.78 is 27.8. The third-order valence-electron chi connectivity index (χ3n) is 4.31. The number of amides is 1. The molecule has 0 spiro atoms. The Hall–Kier alpha value is -1.99. The van der Waals surface area contributed by atoms with Crippen molar-refractivity contribution in [2.45, 2.75) is 30.6 Å². The Kier molecular flexibility index (Phi) is 5.29. The number of hydrogen-bond acceptors (Lipinski definition) is 4. The van der Waals surface area contributed by atoms with Gasteiger partial charge in [0.25, 0.3) is 10.0 Å². The van der Waals surface area contributed by atoms with E-state index >= 15 is 0 Å². The number of hydrogen-bond donors (Lipinski definition) is 1. The molecule has 0 radical (unpaired) electrons. The van der Waals surface area contributed by atoms with Gasteiger partial charge in [0.2, 0.25) is 5.91 Å². The van der Waals surface area contributed by atoms with E-state index in [-0.39, 0.29) is 16.7 Å². The quantitative estimate of drug-likeness (QED) is 0.860. The molecule has 0 bridgehead atoms. The summed E-state index contributed by atoms with van der Waals surface area (Å²) in [5, 5.41) is 2.85. The van der Waals surface area contributed by atoms with Crippen LogP contribution in [0.5, 0.6) is 0 Å². The summed E-state index contributed by atoms with van der Waals surface area (Å²) in [5.41, 5.74) is 2.19. The van der Waals surface area contributed by atoms with E-state index in [1.807, 2.05) is 39.0 Å². The van der Waals surface area contributed by atoms with Gasteiger partial charge in [-0.1, -0.05) is 19.1 Å². The summed E-state index contributed by atoms with van der Waals surface area (Å²) in [5.74, 6) is 0.471. The van der Waals surface area contributed by atoms with Gasteiger partial charge in [-0.05, 0) is 49.7 Å². The number of aryl methyl sites for hydroxylation is 1. The van der Waals surface area contributed by atoms with Crippen LogP contribution in [0.25, 0.3) is 0 Å². The molecular formula is C19H22N2O3S2. The number of carbonyl (C=O) groups is 1. The molecule has 3 rings (SSSR count). The topological polar surface area (TPSA) is 66.5 Å². The Bertz CT molecular complexity index is 942. The fraction of sp³-hybridized carbons (Fsp3) is 0.316. The molecule has 0 fully saturated rings. The van der Waals surface area contributed by atoms with Crippen molar-refractivity contribution in [2.24, 2.45) is 5.92 Å². The zero-order valence-corrected chi connectivity index (χ0v) is 16.7. The Morgan fingerprint density at radius 2 is 2.00 bits per heavy atom. The summed E-state index contributed by atoms with van der Waals surface area (Å²) in [4.78, 5) is 13.2. The molecular weight excluding hydrogens is 368 g/mol. The Labute approximate surface area is 158 Å². The van der Waals surface area contributed by atoms with Gasteiger partial charge < -0.3 is 5.32 Å². The largest absolute Gasteiger partial charge is 0.325 e. The molecule has 1 aliphatic rings. The number of carbonyl (C=O) groups excluding carboxylic acids is 1. The SMILES string of the molecule is CCN(c1cccc(C)c1)S(=O)(=O)c1ccc2c(c1)NC(=O)[C@H](C)CS2. The van der Waals surface area contributed by atoms with Gasteiger partial charge in [0.1, 0.15) is 0 Å². The molecule has 0 saturated carbocycles. The Balaban J connectivity index is 2.02. The molecule has 5 nitrogen and oxygen atoms in total. The average Bonchev–Trinajstić information content (AvgIpc) is 2.74. The summed E-state index contributed by atoms with van der Waals surface area (Å²) in [7, 11) is -3.72. The molecule has 1 N–H and O–H groups in total. The lowest BCUT2D eigenvalue weighted by Gasteiger charge is -2.23. The minimum Gasteiger partial charge on any atom is -0.325 e. The molecule has 1 atom stereocenters. The summed E-state index contributed by atoms with van der Waals surface area (Å²) in [6.07, 6.45) is 0. The highest BCUT2D eigenvalue weighted by Crippen LogP contribution is 2.35. The van der Waals surface area contributed by atoms with Crippen LogP contribution in [0.2, 0.25) is 0 Å². The van der Waals surface area contributed by atoms with Crippen molar-refractivity contribution in [3.63, 3.8) is 0 Å². The molecule has 2 aromatic carbocycles. The number of sulfonamides is 1. The van der Waals surface area contributed by atoms with Crippen LogP contribution in [0, 0.1) is 12.8 Å². The van der Waals surface area contributed by atoms with Gasteiger partial charge >= 0.3 is 0 Å². The van der Waals surface area contributed by atoms with Gasteiger partial charge in [-0.25, -0.2) is 8.42 Å². The first-order chi connectivity index (χ1) is 12.3. The summed E-state index contributed by atoms with van der Waals surface area (Å²) >= 11 is 1.56. The van der Waals surface area contributed by atoms with Crippen LogP contribution in [-0.2, 0) is 14.8 Å². The lowest BCUT2D eigenvalue weighted by Crippen LogP contribution is -2.31. The van der Waals surface area contributed by atoms with Gasteiger partial charge in [0.15, 0.2) is 0 Å². The van der Waals surface area contributed by atoms with Crippen molar-refractivity contribution in [1.29, 1.82) is 0 Å². The van der Waals surface area contributed by atoms with E-state index in [1.54, 1.807) is 36.0 Å². The van der Waals surface area contributed by atoms with Crippen LogP contribution in [0.4, 0.5) is 11.4 Å². The van der Waals surface area contributed by atoms with Gasteiger partial charge in [0.05, 0.1) is 16.3 Å². The first kappa shape index (κ1) is 18.8. The fourth-order valence-corrected chi connectivity index (χ4v) is 5.34. The minimum absolute atomic E-state index is 0.0863. The Morgan fingerprint density at radius 1 is 1.23 bits per heavy atom. The van der Waals surface area contributed by atoms with Crippen LogP contribution in [0.3, 0.4) is 0 Å². The van der Waals surface area contributed by atoms with Gasteiger partial charge in [0, 0.05) is 23.1 Å². The average molecular weight is 391 g/mol. The third kappa shape index (κ3) is 3.59. The standard InChI is InChI=1S/C19H22N2O3S2/c1-4-21(15-7-5-6-13(2)10-15)26(23,24)16-8-9-18-17(11-16)20-19(22)14(3)12-25-18/h5-11,14H,4,12H2,1-3H3,(H,20,22)/t14-/m1/s1. The van der Waals surface area contributed by atoms with Crippen molar-refractivity contribution < 1.29 is 13.2 Å². The highest BCUT2D eigenvalue weighted by Gasteiger charge is 2.26. The lowest BCUT2D eigenvalue weighted by molar-refractivity contribution is -0.118. The van der Waals surface area contributed by atoms with Gasteiger partial charge in [-0.15, -0.1) is 11.8 Å². The van der Waals surface area contributed by atoms with Crippen molar-refractivity contribution in [1.82, 2.24) is 0 Å².